The average Bonchev–Trinajstić information content (AvgIpc) is 2.74. The molecular weight excluding hydrogens is 274 g/mol. The molecule has 22 heavy (non-hydrogen) atoms. The molecule has 1 amide bonds. The molecule has 2 bridgehead atoms. The molecule has 0 aromatic heterocycles. The summed E-state index contributed by atoms with van der Waals surface area (Å²) in [5.74, 6) is 0.264. The van der Waals surface area contributed by atoms with Gasteiger partial charge in [-0.15, -0.1) is 0 Å². The zero-order valence-corrected chi connectivity index (χ0v) is 14.2. The number of Topliss-reactive ketones (excluding diaryl/α,β-unsaturated/α-hetero) is 1. The van der Waals surface area contributed by atoms with Crippen LogP contribution in [0.25, 0.3) is 0 Å². The molecule has 1 N–H and O–H groups in total. The van der Waals surface area contributed by atoms with Crippen LogP contribution in [-0.2, 0) is 9.59 Å². The number of carbonyl (C=O) groups is 2. The summed E-state index contributed by atoms with van der Waals surface area (Å²) >= 11 is 0. The van der Waals surface area contributed by atoms with Crippen LogP contribution in [0.2, 0.25) is 0 Å². The molecule has 3 nitrogen and oxygen atoms in total. The molecule has 0 radical (unpaired) electrons. The molecule has 0 unspecified atom stereocenters. The number of amides is 1. The number of benzene rings is 1. The fraction of sp³-hybridized carbons (Fsp3) is 0.579. The summed E-state index contributed by atoms with van der Waals surface area (Å²) in [5, 5.41) is 3.11. The quantitative estimate of drug-likeness (QED) is 0.896. The van der Waals surface area contributed by atoms with Crippen LogP contribution in [0.3, 0.4) is 0 Å². The third kappa shape index (κ3) is 1.62. The first-order valence-electron chi connectivity index (χ1n) is 8.07. The first kappa shape index (κ1) is 15.3. The van der Waals surface area contributed by atoms with Crippen molar-refractivity contribution < 1.29 is 9.59 Å². The number of fused-ring (bicyclic) bond motifs is 2. The maximum Gasteiger partial charge on any atom is 0.231 e. The van der Waals surface area contributed by atoms with Gasteiger partial charge in [0.15, 0.2) is 0 Å². The Morgan fingerprint density at radius 1 is 1.14 bits per heavy atom. The zero-order chi connectivity index (χ0) is 16.3. The minimum absolute atomic E-state index is 0.0146. The van der Waals surface area contributed by atoms with Crippen molar-refractivity contribution in [3.63, 3.8) is 0 Å². The monoisotopic (exact) mass is 299 g/mol. The highest BCUT2D eigenvalue weighted by Gasteiger charge is 2.72. The van der Waals surface area contributed by atoms with Gasteiger partial charge in [0.2, 0.25) is 5.91 Å². The Morgan fingerprint density at radius 3 is 2.36 bits per heavy atom. The smallest absolute Gasteiger partial charge is 0.231 e. The van der Waals surface area contributed by atoms with Gasteiger partial charge in [-0.05, 0) is 49.3 Å². The highest BCUT2D eigenvalue weighted by Crippen LogP contribution is 2.70. The molecule has 1 aromatic rings. The molecule has 2 saturated carbocycles. The van der Waals surface area contributed by atoms with Crippen molar-refractivity contribution in [2.45, 2.75) is 53.9 Å². The van der Waals surface area contributed by atoms with Crippen LogP contribution in [0.15, 0.2) is 18.2 Å². The lowest BCUT2D eigenvalue weighted by Gasteiger charge is -2.38. The van der Waals surface area contributed by atoms with Crippen molar-refractivity contribution in [3.8, 4) is 0 Å². The lowest BCUT2D eigenvalue weighted by Crippen LogP contribution is -2.43. The molecule has 0 heterocycles. The standard InChI is InChI=1S/C19H25NO2/c1-12-7-6-8-14(13(12)2)20-16(22)19-10-9-18(5,15(21)11-19)17(19,3)4/h6-8H,9-11H2,1-5H3,(H,20,22)/t18-,19+/m1/s1. The van der Waals surface area contributed by atoms with Crippen LogP contribution < -0.4 is 5.32 Å². The predicted molar refractivity (Wildman–Crippen MR) is 87.7 cm³/mol. The summed E-state index contributed by atoms with van der Waals surface area (Å²) in [7, 11) is 0. The summed E-state index contributed by atoms with van der Waals surface area (Å²) in [6.45, 7) is 10.3. The largest absolute Gasteiger partial charge is 0.325 e. The molecule has 0 spiro atoms. The van der Waals surface area contributed by atoms with Gasteiger partial charge in [-0.1, -0.05) is 32.9 Å². The van der Waals surface area contributed by atoms with E-state index >= 15 is 0 Å². The number of aryl methyl sites for hydroxylation is 1. The van der Waals surface area contributed by atoms with Crippen LogP contribution in [0.1, 0.15) is 51.2 Å². The van der Waals surface area contributed by atoms with E-state index in [1.54, 1.807) is 0 Å². The van der Waals surface area contributed by atoms with Crippen molar-refractivity contribution in [2.24, 2.45) is 16.2 Å². The van der Waals surface area contributed by atoms with Crippen molar-refractivity contribution >= 4 is 17.4 Å². The van der Waals surface area contributed by atoms with E-state index in [1.165, 1.54) is 0 Å². The Bertz CT molecular complexity index is 676. The maximum absolute atomic E-state index is 13.1. The summed E-state index contributed by atoms with van der Waals surface area (Å²) in [4.78, 5) is 25.6. The average molecular weight is 299 g/mol. The fourth-order valence-electron chi connectivity index (χ4n) is 4.49. The highest BCUT2D eigenvalue weighted by molar-refractivity contribution is 6.04. The van der Waals surface area contributed by atoms with E-state index < -0.39 is 5.41 Å². The molecule has 0 aliphatic heterocycles. The Labute approximate surface area is 132 Å². The van der Waals surface area contributed by atoms with Gasteiger partial charge in [0.1, 0.15) is 5.78 Å². The second-order valence-corrected chi connectivity index (χ2v) is 7.84. The van der Waals surface area contributed by atoms with Gasteiger partial charge in [0, 0.05) is 17.5 Å². The number of ketones is 1. The minimum atomic E-state index is -0.560. The van der Waals surface area contributed by atoms with Crippen molar-refractivity contribution in [1.29, 1.82) is 0 Å². The molecular formula is C19H25NO2. The second-order valence-electron chi connectivity index (χ2n) is 7.84. The van der Waals surface area contributed by atoms with E-state index in [2.05, 4.69) is 19.2 Å². The van der Waals surface area contributed by atoms with E-state index in [9.17, 15) is 9.59 Å². The zero-order valence-electron chi connectivity index (χ0n) is 14.2. The highest BCUT2D eigenvalue weighted by atomic mass is 16.2. The van der Waals surface area contributed by atoms with E-state index in [1.807, 2.05) is 39.0 Å². The third-order valence-corrected chi connectivity index (χ3v) is 6.99. The molecule has 3 heteroatoms. The van der Waals surface area contributed by atoms with Crippen molar-refractivity contribution in [2.75, 3.05) is 5.32 Å². The summed E-state index contributed by atoms with van der Waals surface area (Å²) < 4.78 is 0. The summed E-state index contributed by atoms with van der Waals surface area (Å²) in [5.41, 5.74) is 1.91. The number of carbonyl (C=O) groups excluding carboxylic acids is 2. The molecule has 2 fully saturated rings. The van der Waals surface area contributed by atoms with Crippen LogP contribution in [0.5, 0.6) is 0 Å². The predicted octanol–water partition coefficient (Wildman–Crippen LogP) is 4.03. The van der Waals surface area contributed by atoms with Gasteiger partial charge >= 0.3 is 0 Å². The van der Waals surface area contributed by atoms with Crippen molar-refractivity contribution in [3.05, 3.63) is 29.3 Å². The molecule has 2 aliphatic carbocycles. The molecule has 118 valence electrons. The number of nitrogens with one attached hydrogen (secondary N) is 1. The van der Waals surface area contributed by atoms with Gasteiger partial charge in [-0.25, -0.2) is 0 Å². The molecule has 3 rings (SSSR count). The molecule has 2 aliphatic rings. The normalized spacial score (nSPS) is 32.3. The lowest BCUT2D eigenvalue weighted by atomic mass is 9.64. The first-order chi connectivity index (χ1) is 10.2. The van der Waals surface area contributed by atoms with Crippen LogP contribution in [0.4, 0.5) is 5.69 Å². The summed E-state index contributed by atoms with van der Waals surface area (Å²) in [6, 6.07) is 5.94. The van der Waals surface area contributed by atoms with Gasteiger partial charge in [-0.2, -0.15) is 0 Å². The van der Waals surface area contributed by atoms with Crippen molar-refractivity contribution in [1.82, 2.24) is 0 Å². The van der Waals surface area contributed by atoms with Gasteiger partial charge in [-0.3, -0.25) is 9.59 Å². The lowest BCUT2D eigenvalue weighted by molar-refractivity contribution is -0.131. The van der Waals surface area contributed by atoms with Crippen LogP contribution >= 0.6 is 0 Å². The maximum atomic E-state index is 13.1. The number of hydrogen-bond donors (Lipinski definition) is 1. The molecule has 1 aromatic carbocycles. The Kier molecular flexibility index (Phi) is 3.08. The minimum Gasteiger partial charge on any atom is -0.325 e. The third-order valence-electron chi connectivity index (χ3n) is 6.99. The van der Waals surface area contributed by atoms with Gasteiger partial charge < -0.3 is 5.32 Å². The van der Waals surface area contributed by atoms with Gasteiger partial charge in [0.25, 0.3) is 0 Å². The number of anilines is 1. The number of hydrogen-bond acceptors (Lipinski definition) is 2. The van der Waals surface area contributed by atoms with E-state index in [0.29, 0.717) is 6.42 Å². The van der Waals surface area contributed by atoms with Gasteiger partial charge in [0.05, 0.1) is 5.41 Å². The topological polar surface area (TPSA) is 46.2 Å². The first-order valence-corrected chi connectivity index (χ1v) is 8.07. The van der Waals surface area contributed by atoms with Crippen LogP contribution in [-0.4, -0.2) is 11.7 Å². The van der Waals surface area contributed by atoms with E-state index in [-0.39, 0.29) is 22.5 Å². The van der Waals surface area contributed by atoms with E-state index in [0.717, 1.165) is 29.7 Å². The van der Waals surface area contributed by atoms with E-state index in [4.69, 9.17) is 0 Å². The summed E-state index contributed by atoms with van der Waals surface area (Å²) in [6.07, 6.45) is 2.01. The fourth-order valence-corrected chi connectivity index (χ4v) is 4.49. The Hall–Kier alpha value is -1.64. The molecule has 2 atom stereocenters. The second kappa shape index (κ2) is 4.43. The Balaban J connectivity index is 1.96. The SMILES string of the molecule is Cc1cccc(NC(=O)[C@]23CC[C@](C)(C(=O)C2)C3(C)C)c1C. The number of rotatable bonds is 2. The van der Waals surface area contributed by atoms with Crippen LogP contribution in [0, 0.1) is 30.1 Å². The molecule has 0 saturated heterocycles. The Morgan fingerprint density at radius 2 is 1.82 bits per heavy atom.